The van der Waals surface area contributed by atoms with E-state index in [4.69, 9.17) is 5.14 Å². The van der Waals surface area contributed by atoms with Crippen LogP contribution in [0.25, 0.3) is 0 Å². The molecule has 5 heteroatoms. The van der Waals surface area contributed by atoms with E-state index in [0.717, 1.165) is 44.3 Å². The summed E-state index contributed by atoms with van der Waals surface area (Å²) in [5.41, 5.74) is 3.45. The van der Waals surface area contributed by atoms with E-state index in [1.807, 2.05) is 26.0 Å². The molecule has 0 radical (unpaired) electrons. The lowest BCUT2D eigenvalue weighted by Gasteiger charge is -2.42. The zero-order valence-electron chi connectivity index (χ0n) is 13.9. The number of hydrogen-bond acceptors (Lipinski definition) is 3. The molecule has 1 aromatic carbocycles. The molecule has 0 aromatic heterocycles. The average molecular weight is 331 g/mol. The number of rotatable bonds is 3. The predicted octanol–water partition coefficient (Wildman–Crippen LogP) is 2.36. The molecule has 1 spiro atoms. The van der Waals surface area contributed by atoms with Crippen LogP contribution in [0.5, 0.6) is 0 Å². The van der Waals surface area contributed by atoms with Crippen LogP contribution in [0.2, 0.25) is 0 Å². The minimum atomic E-state index is -1.38. The smallest absolute Gasteiger partial charge is 0.0994 e. The average Bonchev–Trinajstić information content (AvgIpc) is 2.80. The summed E-state index contributed by atoms with van der Waals surface area (Å²) in [4.78, 5) is 0. The summed E-state index contributed by atoms with van der Waals surface area (Å²) in [6.45, 7) is 5.98. The Labute approximate surface area is 141 Å². The molecule has 23 heavy (non-hydrogen) atoms. The maximum Gasteiger partial charge on any atom is 0.0994 e. The Hall–Kier alpha value is -1.22. The first-order valence-electron chi connectivity index (χ1n) is 8.28. The highest BCUT2D eigenvalue weighted by molar-refractivity contribution is 7.84. The van der Waals surface area contributed by atoms with Crippen molar-refractivity contribution in [1.29, 1.82) is 5.26 Å². The zero-order chi connectivity index (χ0) is 16.7. The second kappa shape index (κ2) is 6.01. The third-order valence-electron chi connectivity index (χ3n) is 5.79. The van der Waals surface area contributed by atoms with Crippen molar-refractivity contribution >= 4 is 11.0 Å². The number of hydrogen-bond donors (Lipinski definition) is 2. The first-order valence-corrected chi connectivity index (χ1v) is 9.50. The van der Waals surface area contributed by atoms with Crippen LogP contribution in [0.3, 0.4) is 0 Å². The van der Waals surface area contributed by atoms with Gasteiger partial charge in [0.1, 0.15) is 0 Å². The van der Waals surface area contributed by atoms with Gasteiger partial charge in [-0.25, -0.2) is 4.21 Å². The van der Waals surface area contributed by atoms with Gasteiger partial charge in [-0.3, -0.25) is 5.14 Å². The number of nitrogens with zero attached hydrogens (tertiary/aromatic N) is 1. The molecule has 1 aromatic rings. The van der Waals surface area contributed by atoms with Crippen LogP contribution in [0.4, 0.5) is 0 Å². The quantitative estimate of drug-likeness (QED) is 0.892. The second-order valence-electron chi connectivity index (χ2n) is 7.59. The molecule has 0 amide bonds. The molecular weight excluding hydrogens is 306 g/mol. The van der Waals surface area contributed by atoms with Crippen LogP contribution >= 0.6 is 0 Å². The molecule has 1 saturated heterocycles. The molecule has 124 valence electrons. The van der Waals surface area contributed by atoms with Gasteiger partial charge in [-0.2, -0.15) is 5.26 Å². The summed E-state index contributed by atoms with van der Waals surface area (Å²) in [5, 5.41) is 18.8. The fraction of sp³-hybridized carbons (Fsp3) is 0.611. The number of nitrogens with one attached hydrogen (secondary N) is 1. The molecule has 0 bridgehead atoms. The van der Waals surface area contributed by atoms with Crippen molar-refractivity contribution in [2.45, 2.75) is 50.2 Å². The first-order chi connectivity index (χ1) is 10.9. The van der Waals surface area contributed by atoms with Gasteiger partial charge >= 0.3 is 0 Å². The number of piperidine rings is 1. The van der Waals surface area contributed by atoms with Crippen LogP contribution in [0.1, 0.15) is 55.7 Å². The van der Waals surface area contributed by atoms with E-state index in [0.29, 0.717) is 0 Å². The highest BCUT2D eigenvalue weighted by Crippen LogP contribution is 2.56. The van der Waals surface area contributed by atoms with Gasteiger partial charge in [-0.15, -0.1) is 0 Å². The summed E-state index contributed by atoms with van der Waals surface area (Å²) in [7, 11) is -1.38. The van der Waals surface area contributed by atoms with E-state index in [-0.39, 0.29) is 11.3 Å². The lowest BCUT2D eigenvalue weighted by molar-refractivity contribution is 0.158. The van der Waals surface area contributed by atoms with Gasteiger partial charge in [0.25, 0.3) is 0 Å². The molecular formula is C18H25N3OS. The predicted molar refractivity (Wildman–Crippen MR) is 93.2 cm³/mol. The monoisotopic (exact) mass is 331 g/mol. The largest absolute Gasteiger partial charge is 0.317 e. The second-order valence-corrected chi connectivity index (χ2v) is 9.29. The maximum atomic E-state index is 12.0. The number of nitriles is 1. The highest BCUT2D eigenvalue weighted by Gasteiger charge is 2.49. The van der Waals surface area contributed by atoms with Crippen LogP contribution in [-0.4, -0.2) is 22.0 Å². The lowest BCUT2D eigenvalue weighted by atomic mass is 9.66. The van der Waals surface area contributed by atoms with Crippen molar-refractivity contribution in [1.82, 2.24) is 5.32 Å². The van der Waals surface area contributed by atoms with Gasteiger partial charge in [-0.05, 0) is 81.1 Å². The summed E-state index contributed by atoms with van der Waals surface area (Å²) in [5.74, 6) is 0.262. The van der Waals surface area contributed by atoms with E-state index in [2.05, 4.69) is 17.5 Å². The van der Waals surface area contributed by atoms with Gasteiger partial charge in [0.15, 0.2) is 0 Å². The summed E-state index contributed by atoms with van der Waals surface area (Å²) in [6, 6.07) is 8.43. The minimum Gasteiger partial charge on any atom is -0.317 e. The van der Waals surface area contributed by atoms with E-state index in [1.165, 1.54) is 11.1 Å². The van der Waals surface area contributed by atoms with Crippen molar-refractivity contribution in [2.75, 3.05) is 13.1 Å². The SMILES string of the molecule is CC(C)(C[C@@H]1c2c(C#N)cccc2CC12CCNCC2)S(N)=O. The number of nitrogens with two attached hydrogens (primary N) is 1. The van der Waals surface area contributed by atoms with Gasteiger partial charge in [0.2, 0.25) is 0 Å². The van der Waals surface area contributed by atoms with E-state index in [9.17, 15) is 9.47 Å². The van der Waals surface area contributed by atoms with E-state index in [1.54, 1.807) is 0 Å². The van der Waals surface area contributed by atoms with Gasteiger partial charge < -0.3 is 5.32 Å². The zero-order valence-corrected chi connectivity index (χ0v) is 14.7. The third-order valence-corrected chi connectivity index (χ3v) is 7.04. The molecule has 1 aliphatic carbocycles. The van der Waals surface area contributed by atoms with Gasteiger partial charge in [0, 0.05) is 0 Å². The Morgan fingerprint density at radius 2 is 2.13 bits per heavy atom. The highest BCUT2D eigenvalue weighted by atomic mass is 32.2. The van der Waals surface area contributed by atoms with Crippen LogP contribution in [0.15, 0.2) is 18.2 Å². The topological polar surface area (TPSA) is 78.9 Å². The standard InChI is InChI=1S/C18H25N3OS/c1-17(2,23(20)22)11-15-16-13(4-3-5-14(16)12-19)10-18(15)6-8-21-9-7-18/h3-5,15,21H,6-11,20H2,1-2H3/t15-,23?/m1/s1. The van der Waals surface area contributed by atoms with Crippen molar-refractivity contribution in [2.24, 2.45) is 10.6 Å². The van der Waals surface area contributed by atoms with Crippen LogP contribution in [-0.2, 0) is 17.4 Å². The number of fused-ring (bicyclic) bond motifs is 1. The Bertz CT molecular complexity index is 671. The van der Waals surface area contributed by atoms with E-state index < -0.39 is 15.7 Å². The van der Waals surface area contributed by atoms with Crippen molar-refractivity contribution < 1.29 is 4.21 Å². The fourth-order valence-electron chi connectivity index (χ4n) is 4.43. The van der Waals surface area contributed by atoms with Crippen LogP contribution in [0, 0.1) is 16.7 Å². The molecule has 3 N–H and O–H groups in total. The summed E-state index contributed by atoms with van der Waals surface area (Å²) >= 11 is 0. The Balaban J connectivity index is 2.07. The van der Waals surface area contributed by atoms with Gasteiger partial charge in [0.05, 0.1) is 27.4 Å². The fourth-order valence-corrected chi connectivity index (χ4v) is 4.76. The minimum absolute atomic E-state index is 0.178. The summed E-state index contributed by atoms with van der Waals surface area (Å²) < 4.78 is 11.6. The Kier molecular flexibility index (Phi) is 4.35. The Morgan fingerprint density at radius 1 is 1.43 bits per heavy atom. The molecule has 0 saturated carbocycles. The van der Waals surface area contributed by atoms with Crippen molar-refractivity contribution in [3.8, 4) is 6.07 Å². The molecule has 2 aliphatic rings. The summed E-state index contributed by atoms with van der Waals surface area (Å²) in [6.07, 6.45) is 3.99. The third kappa shape index (κ3) is 2.84. The molecule has 1 unspecified atom stereocenters. The molecule has 2 atom stereocenters. The maximum absolute atomic E-state index is 12.0. The first kappa shape index (κ1) is 16.6. The molecule has 1 fully saturated rings. The van der Waals surface area contributed by atoms with E-state index >= 15 is 0 Å². The normalized spacial score (nSPS) is 24.2. The lowest BCUT2D eigenvalue weighted by Crippen LogP contribution is -2.43. The van der Waals surface area contributed by atoms with Gasteiger partial charge in [-0.1, -0.05) is 12.1 Å². The molecule has 1 heterocycles. The Morgan fingerprint density at radius 3 is 2.74 bits per heavy atom. The molecule has 4 nitrogen and oxygen atoms in total. The van der Waals surface area contributed by atoms with Crippen molar-refractivity contribution in [3.05, 3.63) is 34.9 Å². The number of benzene rings is 1. The van der Waals surface area contributed by atoms with Crippen molar-refractivity contribution in [3.63, 3.8) is 0 Å². The molecule has 1 aliphatic heterocycles. The molecule has 3 rings (SSSR count). The van der Waals surface area contributed by atoms with Crippen LogP contribution < -0.4 is 10.5 Å².